The van der Waals surface area contributed by atoms with Crippen LogP contribution in [0.25, 0.3) is 54.9 Å². The average Bonchev–Trinajstić information content (AvgIpc) is 3.75. The molecule has 2 aliphatic carbocycles. The Labute approximate surface area is 357 Å². The molecule has 0 aliphatic heterocycles. The van der Waals surface area contributed by atoms with E-state index >= 15 is 0 Å². The highest BCUT2D eigenvalue weighted by atomic mass is 15.1. The van der Waals surface area contributed by atoms with Crippen molar-refractivity contribution < 1.29 is 0 Å². The van der Waals surface area contributed by atoms with Crippen LogP contribution >= 0.6 is 0 Å². The summed E-state index contributed by atoms with van der Waals surface area (Å²) in [5.41, 5.74) is 18.3. The average molecular weight is 778 g/mol. The Morgan fingerprint density at radius 1 is 0.328 bits per heavy atom. The standard InChI is InChI=1S/C60H43N/c1-59(2)57-49-23-13-12-18-42(49)28-34-53(57)54-35-29-43-38-47(32-36-50(43)58(54)59)61(46-30-26-41(27-31-46)40-16-6-3-7-17-40)48-33-37-52-51-24-14-15-25-55(51)60(56(52)39-48,44-19-8-4-9-20-44)45-21-10-5-11-22-45/h3-39H,1-2H3. The summed E-state index contributed by atoms with van der Waals surface area (Å²) in [7, 11) is 0. The minimum absolute atomic E-state index is 0.160. The number of hydrogen-bond donors (Lipinski definition) is 0. The molecule has 0 amide bonds. The van der Waals surface area contributed by atoms with Gasteiger partial charge in [-0.15, -0.1) is 0 Å². The summed E-state index contributed by atoms with van der Waals surface area (Å²) < 4.78 is 0. The Morgan fingerprint density at radius 3 is 1.52 bits per heavy atom. The van der Waals surface area contributed by atoms with Gasteiger partial charge in [0.05, 0.1) is 5.41 Å². The Hall–Kier alpha value is -7.48. The molecule has 288 valence electrons. The summed E-state index contributed by atoms with van der Waals surface area (Å²) in [4.78, 5) is 2.46. The summed E-state index contributed by atoms with van der Waals surface area (Å²) in [5, 5.41) is 5.19. The first-order valence-electron chi connectivity index (χ1n) is 21.4. The Morgan fingerprint density at radius 2 is 0.820 bits per heavy atom. The van der Waals surface area contributed by atoms with E-state index in [1.807, 2.05) is 0 Å². The maximum atomic E-state index is 2.47. The van der Waals surface area contributed by atoms with Crippen molar-refractivity contribution in [1.29, 1.82) is 0 Å². The van der Waals surface area contributed by atoms with E-state index in [0.29, 0.717) is 0 Å². The molecule has 0 atom stereocenters. The second kappa shape index (κ2) is 13.5. The predicted molar refractivity (Wildman–Crippen MR) is 256 cm³/mol. The van der Waals surface area contributed by atoms with Gasteiger partial charge in [-0.2, -0.15) is 0 Å². The van der Waals surface area contributed by atoms with Crippen LogP contribution in [0.1, 0.15) is 47.2 Å². The first-order valence-corrected chi connectivity index (χ1v) is 21.4. The monoisotopic (exact) mass is 777 g/mol. The van der Waals surface area contributed by atoms with Crippen molar-refractivity contribution in [3.8, 4) is 33.4 Å². The van der Waals surface area contributed by atoms with Gasteiger partial charge in [-0.1, -0.05) is 202 Å². The van der Waals surface area contributed by atoms with Crippen LogP contribution in [-0.4, -0.2) is 0 Å². The molecular formula is C60H43N. The lowest BCUT2D eigenvalue weighted by atomic mass is 9.67. The molecule has 61 heavy (non-hydrogen) atoms. The van der Waals surface area contributed by atoms with Crippen molar-refractivity contribution in [3.63, 3.8) is 0 Å². The van der Waals surface area contributed by atoms with Crippen LogP contribution in [0.3, 0.4) is 0 Å². The zero-order valence-electron chi connectivity index (χ0n) is 34.3. The molecule has 2 aliphatic rings. The van der Waals surface area contributed by atoms with Gasteiger partial charge in [-0.05, 0) is 125 Å². The van der Waals surface area contributed by atoms with Crippen LogP contribution in [0.5, 0.6) is 0 Å². The van der Waals surface area contributed by atoms with Crippen molar-refractivity contribution in [2.75, 3.05) is 4.90 Å². The van der Waals surface area contributed by atoms with Crippen molar-refractivity contribution in [2.24, 2.45) is 0 Å². The van der Waals surface area contributed by atoms with E-state index in [1.165, 1.54) is 88.3 Å². The fourth-order valence-corrected chi connectivity index (χ4v) is 11.1. The van der Waals surface area contributed by atoms with E-state index in [2.05, 4.69) is 243 Å². The summed E-state index contributed by atoms with van der Waals surface area (Å²) in [6, 6.07) is 83.4. The van der Waals surface area contributed by atoms with Crippen molar-refractivity contribution in [3.05, 3.63) is 258 Å². The SMILES string of the molecule is CC1(C)c2c(ccc3ccccc23)-c2ccc3cc(N(c4ccc(-c5ccccc5)cc4)c4ccc5c(c4)C(c4ccccc4)(c4ccccc4)c4ccccc4-5)ccc3c21. The van der Waals surface area contributed by atoms with Crippen LogP contribution in [0.4, 0.5) is 17.1 Å². The molecule has 0 heterocycles. The quantitative estimate of drug-likeness (QED) is 0.163. The topological polar surface area (TPSA) is 3.24 Å². The Bertz CT molecular complexity index is 3270. The van der Waals surface area contributed by atoms with E-state index < -0.39 is 5.41 Å². The highest BCUT2D eigenvalue weighted by Gasteiger charge is 2.46. The van der Waals surface area contributed by atoms with E-state index in [-0.39, 0.29) is 5.41 Å². The molecule has 0 saturated carbocycles. The van der Waals surface area contributed by atoms with E-state index in [0.717, 1.165) is 17.1 Å². The lowest BCUT2D eigenvalue weighted by Gasteiger charge is -2.35. The van der Waals surface area contributed by atoms with Crippen molar-refractivity contribution in [1.82, 2.24) is 0 Å². The largest absolute Gasteiger partial charge is 0.310 e. The molecular weight excluding hydrogens is 735 g/mol. The number of fused-ring (bicyclic) bond motifs is 10. The molecule has 0 saturated heterocycles. The lowest BCUT2D eigenvalue weighted by Crippen LogP contribution is -2.28. The zero-order valence-corrected chi connectivity index (χ0v) is 34.3. The predicted octanol–water partition coefficient (Wildman–Crippen LogP) is 15.8. The highest BCUT2D eigenvalue weighted by Crippen LogP contribution is 2.58. The number of hydrogen-bond acceptors (Lipinski definition) is 1. The molecule has 10 aromatic carbocycles. The van der Waals surface area contributed by atoms with Gasteiger partial charge < -0.3 is 4.90 Å². The first-order chi connectivity index (χ1) is 30.0. The number of nitrogens with zero attached hydrogens (tertiary/aromatic N) is 1. The Kier molecular flexibility index (Phi) is 7.86. The van der Waals surface area contributed by atoms with E-state index in [4.69, 9.17) is 0 Å². The number of benzene rings is 10. The van der Waals surface area contributed by atoms with Crippen molar-refractivity contribution >= 4 is 38.6 Å². The molecule has 0 unspecified atom stereocenters. The maximum Gasteiger partial charge on any atom is 0.0714 e. The third-order valence-corrected chi connectivity index (χ3v) is 13.7. The van der Waals surface area contributed by atoms with Crippen LogP contribution in [-0.2, 0) is 10.8 Å². The first kappa shape index (κ1) is 35.5. The van der Waals surface area contributed by atoms with Crippen LogP contribution < -0.4 is 4.90 Å². The summed E-state index contributed by atoms with van der Waals surface area (Å²) in [5.74, 6) is 0. The molecule has 0 radical (unpaired) electrons. The normalized spacial score (nSPS) is 14.0. The molecule has 0 N–H and O–H groups in total. The lowest BCUT2D eigenvalue weighted by molar-refractivity contribution is 0.672. The molecule has 1 heteroatoms. The van der Waals surface area contributed by atoms with Gasteiger partial charge in [0.2, 0.25) is 0 Å². The molecule has 0 aromatic heterocycles. The Balaban J connectivity index is 1.07. The van der Waals surface area contributed by atoms with Gasteiger partial charge in [-0.3, -0.25) is 0 Å². The van der Waals surface area contributed by atoms with Crippen molar-refractivity contribution in [2.45, 2.75) is 24.7 Å². The maximum absolute atomic E-state index is 2.47. The van der Waals surface area contributed by atoms with Gasteiger partial charge in [0.25, 0.3) is 0 Å². The molecule has 1 nitrogen and oxygen atoms in total. The van der Waals surface area contributed by atoms with Gasteiger partial charge in [-0.25, -0.2) is 0 Å². The van der Waals surface area contributed by atoms with Crippen LogP contribution in [0, 0.1) is 0 Å². The minimum Gasteiger partial charge on any atom is -0.310 e. The second-order valence-electron chi connectivity index (χ2n) is 17.2. The summed E-state index contributed by atoms with van der Waals surface area (Å²) in [6.07, 6.45) is 0. The highest BCUT2D eigenvalue weighted by molar-refractivity contribution is 6.04. The van der Waals surface area contributed by atoms with E-state index in [1.54, 1.807) is 0 Å². The van der Waals surface area contributed by atoms with Gasteiger partial charge in [0, 0.05) is 22.5 Å². The van der Waals surface area contributed by atoms with Gasteiger partial charge in [0.1, 0.15) is 0 Å². The minimum atomic E-state index is -0.498. The molecule has 0 bridgehead atoms. The van der Waals surface area contributed by atoms with Crippen LogP contribution in [0.2, 0.25) is 0 Å². The fourth-order valence-electron chi connectivity index (χ4n) is 11.1. The second-order valence-corrected chi connectivity index (χ2v) is 17.2. The molecule has 0 spiro atoms. The molecule has 10 aromatic rings. The van der Waals surface area contributed by atoms with E-state index in [9.17, 15) is 0 Å². The number of rotatable bonds is 6. The molecule has 12 rings (SSSR count). The zero-order chi connectivity index (χ0) is 40.7. The fraction of sp³-hybridized carbons (Fsp3) is 0.0667. The van der Waals surface area contributed by atoms with Gasteiger partial charge >= 0.3 is 0 Å². The third kappa shape index (κ3) is 5.20. The smallest absolute Gasteiger partial charge is 0.0714 e. The van der Waals surface area contributed by atoms with Gasteiger partial charge in [0.15, 0.2) is 0 Å². The summed E-state index contributed by atoms with van der Waals surface area (Å²) in [6.45, 7) is 4.82. The summed E-state index contributed by atoms with van der Waals surface area (Å²) >= 11 is 0. The molecule has 0 fully saturated rings. The third-order valence-electron chi connectivity index (χ3n) is 13.7. The van der Waals surface area contributed by atoms with Crippen LogP contribution in [0.15, 0.2) is 224 Å². The number of anilines is 3.